The van der Waals surface area contributed by atoms with E-state index in [-0.39, 0.29) is 10.5 Å². The molecule has 3 aromatic rings. The molecule has 0 bridgehead atoms. The van der Waals surface area contributed by atoms with Gasteiger partial charge >= 0.3 is 0 Å². The SMILES string of the molecule is CCOc1ccccc1N=Cc1c(C)[nH]n(-c2ccc(S(=O)(=O)N3CCCCC3)cc2)c1=O. The summed E-state index contributed by atoms with van der Waals surface area (Å²) in [5.74, 6) is 0.648. The third-order valence-electron chi connectivity index (χ3n) is 5.66. The Labute approximate surface area is 193 Å². The molecule has 1 N–H and O–H groups in total. The van der Waals surface area contributed by atoms with Crippen LogP contribution >= 0.6 is 0 Å². The van der Waals surface area contributed by atoms with E-state index in [2.05, 4.69) is 10.1 Å². The van der Waals surface area contributed by atoms with E-state index in [0.717, 1.165) is 19.3 Å². The van der Waals surface area contributed by atoms with Gasteiger partial charge in [0, 0.05) is 25.0 Å². The largest absolute Gasteiger partial charge is 0.492 e. The number of rotatable bonds is 7. The second-order valence-corrected chi connectivity index (χ2v) is 9.85. The van der Waals surface area contributed by atoms with E-state index < -0.39 is 10.0 Å². The Bertz CT molecular complexity index is 1300. The molecule has 174 valence electrons. The highest BCUT2D eigenvalue weighted by atomic mass is 32.2. The van der Waals surface area contributed by atoms with E-state index >= 15 is 0 Å². The van der Waals surface area contributed by atoms with E-state index in [9.17, 15) is 13.2 Å². The number of piperidine rings is 1. The maximum absolute atomic E-state index is 13.0. The number of sulfonamides is 1. The van der Waals surface area contributed by atoms with Crippen LogP contribution in [0.1, 0.15) is 37.4 Å². The number of nitrogens with one attached hydrogen (secondary N) is 1. The van der Waals surface area contributed by atoms with Crippen molar-refractivity contribution in [2.45, 2.75) is 38.0 Å². The molecule has 0 amide bonds. The van der Waals surface area contributed by atoms with E-state index in [1.807, 2.05) is 31.2 Å². The molecule has 9 heteroatoms. The smallest absolute Gasteiger partial charge is 0.280 e. The van der Waals surface area contributed by atoms with E-state index in [1.54, 1.807) is 31.2 Å². The van der Waals surface area contributed by atoms with Crippen molar-refractivity contribution in [3.05, 3.63) is 70.1 Å². The molecule has 0 aliphatic carbocycles. The van der Waals surface area contributed by atoms with Gasteiger partial charge in [-0.15, -0.1) is 0 Å². The monoisotopic (exact) mass is 468 g/mol. The maximum atomic E-state index is 13.0. The Morgan fingerprint density at radius 1 is 1.06 bits per heavy atom. The predicted molar refractivity (Wildman–Crippen MR) is 129 cm³/mol. The van der Waals surface area contributed by atoms with E-state index in [0.29, 0.717) is 48.1 Å². The molecule has 0 unspecified atom stereocenters. The third kappa shape index (κ3) is 4.79. The fraction of sp³-hybridized carbons (Fsp3) is 0.333. The first-order chi connectivity index (χ1) is 15.9. The van der Waals surface area contributed by atoms with Gasteiger partial charge in [0.1, 0.15) is 11.4 Å². The average molecular weight is 469 g/mol. The molecule has 1 fully saturated rings. The van der Waals surface area contributed by atoms with Gasteiger partial charge in [-0.05, 0) is 63.1 Å². The molecule has 8 nitrogen and oxygen atoms in total. The van der Waals surface area contributed by atoms with Gasteiger partial charge in [-0.2, -0.15) is 4.31 Å². The molecule has 0 radical (unpaired) electrons. The molecule has 1 aliphatic rings. The van der Waals surface area contributed by atoms with Crippen molar-refractivity contribution in [1.29, 1.82) is 0 Å². The van der Waals surface area contributed by atoms with Crippen LogP contribution in [0.25, 0.3) is 5.69 Å². The van der Waals surface area contributed by atoms with Gasteiger partial charge in [0.05, 0.1) is 22.8 Å². The first-order valence-electron chi connectivity index (χ1n) is 11.1. The Morgan fingerprint density at radius 3 is 2.45 bits per heavy atom. The quantitative estimate of drug-likeness (QED) is 0.534. The number of para-hydroxylation sites is 2. The summed E-state index contributed by atoms with van der Waals surface area (Å²) >= 11 is 0. The van der Waals surface area contributed by atoms with Crippen LogP contribution in [-0.4, -0.2) is 48.4 Å². The number of aliphatic imine (C=N–C) groups is 1. The summed E-state index contributed by atoms with van der Waals surface area (Å²) in [6.45, 7) is 5.32. The number of hydrogen-bond acceptors (Lipinski definition) is 5. The summed E-state index contributed by atoms with van der Waals surface area (Å²) in [5.41, 5.74) is 2.00. The third-order valence-corrected chi connectivity index (χ3v) is 7.58. The van der Waals surface area contributed by atoms with Crippen LogP contribution in [0, 0.1) is 6.92 Å². The minimum atomic E-state index is -3.52. The van der Waals surface area contributed by atoms with Crippen LogP contribution in [0.15, 0.2) is 63.2 Å². The number of benzene rings is 2. The van der Waals surface area contributed by atoms with Gasteiger partial charge in [0.2, 0.25) is 10.0 Å². The summed E-state index contributed by atoms with van der Waals surface area (Å²) in [5, 5.41) is 3.05. The molecule has 4 rings (SSSR count). The minimum Gasteiger partial charge on any atom is -0.492 e. The van der Waals surface area contributed by atoms with Gasteiger partial charge in [-0.1, -0.05) is 18.6 Å². The van der Waals surface area contributed by atoms with Crippen LogP contribution in [-0.2, 0) is 10.0 Å². The molecule has 1 saturated heterocycles. The molecule has 0 atom stereocenters. The van der Waals surface area contributed by atoms with Gasteiger partial charge in [-0.25, -0.2) is 13.1 Å². The van der Waals surface area contributed by atoms with Gasteiger partial charge in [-0.3, -0.25) is 14.9 Å². The first kappa shape index (κ1) is 23.0. The summed E-state index contributed by atoms with van der Waals surface area (Å²) < 4.78 is 34.3. The number of aromatic nitrogens is 2. The lowest BCUT2D eigenvalue weighted by Crippen LogP contribution is -2.35. The summed E-state index contributed by atoms with van der Waals surface area (Å²) in [6, 6.07) is 13.8. The molecule has 1 aliphatic heterocycles. The fourth-order valence-corrected chi connectivity index (χ4v) is 5.41. The van der Waals surface area contributed by atoms with Crippen molar-refractivity contribution < 1.29 is 13.2 Å². The fourth-order valence-electron chi connectivity index (χ4n) is 3.89. The van der Waals surface area contributed by atoms with Crippen LogP contribution in [0.3, 0.4) is 0 Å². The van der Waals surface area contributed by atoms with Crippen molar-refractivity contribution >= 4 is 21.9 Å². The van der Waals surface area contributed by atoms with Crippen LogP contribution < -0.4 is 10.3 Å². The maximum Gasteiger partial charge on any atom is 0.280 e. The highest BCUT2D eigenvalue weighted by molar-refractivity contribution is 7.89. The molecule has 2 heterocycles. The Morgan fingerprint density at radius 2 is 1.76 bits per heavy atom. The molecule has 33 heavy (non-hydrogen) atoms. The van der Waals surface area contributed by atoms with Crippen molar-refractivity contribution in [2.24, 2.45) is 4.99 Å². The van der Waals surface area contributed by atoms with Crippen LogP contribution in [0.5, 0.6) is 5.75 Å². The summed E-state index contributed by atoms with van der Waals surface area (Å²) in [6.07, 6.45) is 4.35. The lowest BCUT2D eigenvalue weighted by molar-refractivity contribution is 0.341. The zero-order chi connectivity index (χ0) is 23.4. The molecule has 0 spiro atoms. The molecule has 0 saturated carbocycles. The number of nitrogens with zero attached hydrogens (tertiary/aromatic N) is 3. The molecular formula is C24H28N4O4S. The van der Waals surface area contributed by atoms with Crippen molar-refractivity contribution in [3.63, 3.8) is 0 Å². The predicted octanol–water partition coefficient (Wildman–Crippen LogP) is 3.80. The van der Waals surface area contributed by atoms with Gasteiger partial charge < -0.3 is 4.74 Å². The van der Waals surface area contributed by atoms with Crippen LogP contribution in [0.4, 0.5) is 5.69 Å². The average Bonchev–Trinajstić information content (AvgIpc) is 3.12. The highest BCUT2D eigenvalue weighted by Crippen LogP contribution is 2.26. The first-order valence-corrected chi connectivity index (χ1v) is 12.5. The van der Waals surface area contributed by atoms with Crippen molar-refractivity contribution in [3.8, 4) is 11.4 Å². The topological polar surface area (TPSA) is 96.8 Å². The highest BCUT2D eigenvalue weighted by Gasteiger charge is 2.25. The minimum absolute atomic E-state index is 0.235. The zero-order valence-electron chi connectivity index (χ0n) is 18.8. The van der Waals surface area contributed by atoms with E-state index in [4.69, 9.17) is 4.74 Å². The van der Waals surface area contributed by atoms with E-state index in [1.165, 1.54) is 15.2 Å². The normalized spacial score (nSPS) is 15.2. The summed E-state index contributed by atoms with van der Waals surface area (Å²) in [7, 11) is -3.52. The number of ether oxygens (including phenoxy) is 1. The standard InChI is InChI=1S/C24H28N4O4S/c1-3-32-23-10-6-5-9-22(23)25-17-21-18(2)26-28(24(21)29)19-11-13-20(14-12-19)33(30,31)27-15-7-4-8-16-27/h5-6,9-14,17,26H,3-4,7-8,15-16H2,1-2H3. The molecular weight excluding hydrogens is 440 g/mol. The second-order valence-electron chi connectivity index (χ2n) is 7.91. The van der Waals surface area contributed by atoms with Crippen molar-refractivity contribution in [1.82, 2.24) is 14.1 Å². The summed E-state index contributed by atoms with van der Waals surface area (Å²) in [4.78, 5) is 17.7. The Balaban J connectivity index is 1.60. The van der Waals surface area contributed by atoms with Crippen LogP contribution in [0.2, 0.25) is 0 Å². The molecule has 2 aromatic carbocycles. The lowest BCUT2D eigenvalue weighted by atomic mass is 10.2. The molecule has 1 aromatic heterocycles. The van der Waals surface area contributed by atoms with Gasteiger partial charge in [0.25, 0.3) is 5.56 Å². The number of hydrogen-bond donors (Lipinski definition) is 1. The number of aromatic amines is 1. The number of H-pyrrole nitrogens is 1. The number of aryl methyl sites for hydroxylation is 1. The second kappa shape index (κ2) is 9.76. The lowest BCUT2D eigenvalue weighted by Gasteiger charge is -2.25. The van der Waals surface area contributed by atoms with Gasteiger partial charge in [0.15, 0.2) is 0 Å². The van der Waals surface area contributed by atoms with Crippen molar-refractivity contribution in [2.75, 3.05) is 19.7 Å². The zero-order valence-corrected chi connectivity index (χ0v) is 19.6. The Kier molecular flexibility index (Phi) is 6.80. The Hall–Kier alpha value is -3.17.